The van der Waals surface area contributed by atoms with Gasteiger partial charge < -0.3 is 37.2 Å². The fourth-order valence-corrected chi connectivity index (χ4v) is 5.37. The molecule has 0 bridgehead atoms. The van der Waals surface area contributed by atoms with Crippen LogP contribution in [0.3, 0.4) is 0 Å². The summed E-state index contributed by atoms with van der Waals surface area (Å²) in [6.07, 6.45) is 3.35. The normalized spacial score (nSPS) is 23.3. The highest BCUT2D eigenvalue weighted by Gasteiger charge is 2.41. The number of carbonyl (C=O) groups is 2. The fourth-order valence-electron chi connectivity index (χ4n) is 5.24. The highest BCUT2D eigenvalue weighted by molar-refractivity contribution is 6.30. The van der Waals surface area contributed by atoms with Crippen molar-refractivity contribution < 1.29 is 36.6 Å². The summed E-state index contributed by atoms with van der Waals surface area (Å²) in [7, 11) is 0. The number of likely N-dealkylation sites (tertiary alicyclic amines) is 1. The summed E-state index contributed by atoms with van der Waals surface area (Å²) in [4.78, 5) is 28.2. The van der Waals surface area contributed by atoms with Gasteiger partial charge in [-0.2, -0.15) is 0 Å². The van der Waals surface area contributed by atoms with E-state index in [1.165, 1.54) is 5.56 Å². The van der Waals surface area contributed by atoms with E-state index in [-0.39, 0.29) is 58.4 Å². The lowest BCUT2D eigenvalue weighted by molar-refractivity contribution is -0.142. The van der Waals surface area contributed by atoms with E-state index in [0.29, 0.717) is 25.4 Å². The second-order valence-electron chi connectivity index (χ2n) is 10.4. The molecule has 9 nitrogen and oxygen atoms in total. The molecular formula is C26H49ClN2O7. The molecular weight excluding hydrogens is 488 g/mol. The third-order valence-corrected chi connectivity index (χ3v) is 7.31. The molecule has 10 heteroatoms. The third kappa shape index (κ3) is 9.28. The second kappa shape index (κ2) is 16.2. The molecule has 2 fully saturated rings. The second-order valence-corrected chi connectivity index (χ2v) is 10.8. The van der Waals surface area contributed by atoms with Gasteiger partial charge in [-0.25, -0.2) is 0 Å². The van der Waals surface area contributed by atoms with Gasteiger partial charge in [-0.15, -0.1) is 0 Å². The number of nitrogens with one attached hydrogen (secondary N) is 1. The van der Waals surface area contributed by atoms with Gasteiger partial charge in [0.25, 0.3) is 0 Å². The quantitative estimate of drug-likeness (QED) is 0.578. The summed E-state index contributed by atoms with van der Waals surface area (Å²) < 4.78 is 0. The zero-order valence-electron chi connectivity index (χ0n) is 21.2. The minimum absolute atomic E-state index is 0. The smallest absolute Gasteiger partial charge is 0.245 e. The number of nitrogens with zero attached hydrogens (tertiary/aromatic N) is 1. The van der Waals surface area contributed by atoms with Crippen LogP contribution >= 0.6 is 11.6 Å². The van der Waals surface area contributed by atoms with Crippen molar-refractivity contribution in [2.24, 2.45) is 17.3 Å². The number of rotatable bonds is 5. The number of aliphatic hydroxyl groups excluding tert-OH is 1. The minimum Gasteiger partial charge on any atom is -0.412 e. The zero-order valence-corrected chi connectivity index (χ0v) is 22.0. The maximum atomic E-state index is 13.4. The van der Waals surface area contributed by atoms with E-state index in [1.54, 1.807) is 0 Å². The van der Waals surface area contributed by atoms with Crippen molar-refractivity contribution in [2.75, 3.05) is 13.1 Å². The van der Waals surface area contributed by atoms with E-state index in [1.807, 2.05) is 30.9 Å². The number of benzene rings is 1. The number of aliphatic hydroxyl groups is 1. The van der Waals surface area contributed by atoms with Crippen molar-refractivity contribution in [3.8, 4) is 0 Å². The Morgan fingerprint density at radius 1 is 1.06 bits per heavy atom. The van der Waals surface area contributed by atoms with Gasteiger partial charge in [-0.3, -0.25) is 9.59 Å². The van der Waals surface area contributed by atoms with Gasteiger partial charge in [-0.1, -0.05) is 65.3 Å². The lowest BCUT2D eigenvalue weighted by atomic mass is 9.70. The SMILES string of the molecule is C.CC(C)[C@@H](NC(=O)[C@@H]1CCC[C@H](O)C1)C(=O)N1CCC(c2ccc(Cl)cc2)C(C)(C)C1.O.O.O.O. The molecule has 0 aromatic heterocycles. The van der Waals surface area contributed by atoms with E-state index in [0.717, 1.165) is 30.7 Å². The molecule has 1 unspecified atom stereocenters. The van der Waals surface area contributed by atoms with Gasteiger partial charge >= 0.3 is 0 Å². The summed E-state index contributed by atoms with van der Waals surface area (Å²) >= 11 is 6.06. The molecule has 4 atom stereocenters. The van der Waals surface area contributed by atoms with Gasteiger partial charge in [0, 0.05) is 24.0 Å². The molecule has 0 spiro atoms. The number of carbonyl (C=O) groups excluding carboxylic acids is 2. The predicted molar refractivity (Wildman–Crippen MR) is 145 cm³/mol. The van der Waals surface area contributed by atoms with Crippen molar-refractivity contribution in [2.45, 2.75) is 85.3 Å². The Kier molecular flexibility index (Phi) is 17.4. The van der Waals surface area contributed by atoms with E-state index in [4.69, 9.17) is 11.6 Å². The standard InChI is InChI=1S/C25H37ClN2O3.CH4.4H2O/c1-16(2)22(27-23(30)18-6-5-7-20(29)14-18)24(31)28-13-12-21(25(3,4)15-28)17-8-10-19(26)11-9-17;;;;;/h8-11,16,18,20-22,29H,5-7,12-15H2,1-4H3,(H,27,30);1H4;4*1H2/t18-,20+,21?,22-;;;;;/m1...../s1. The van der Waals surface area contributed by atoms with Crippen LogP contribution in [-0.4, -0.2) is 69.0 Å². The number of halogens is 1. The topological polar surface area (TPSA) is 196 Å². The summed E-state index contributed by atoms with van der Waals surface area (Å²) in [5.74, 6) is 0.0556. The molecule has 1 aromatic rings. The molecule has 1 saturated carbocycles. The molecule has 2 amide bonds. The maximum absolute atomic E-state index is 13.4. The maximum Gasteiger partial charge on any atom is 0.245 e. The van der Waals surface area contributed by atoms with Gasteiger partial charge in [0.15, 0.2) is 0 Å². The van der Waals surface area contributed by atoms with Crippen molar-refractivity contribution in [1.29, 1.82) is 0 Å². The molecule has 36 heavy (non-hydrogen) atoms. The minimum atomic E-state index is -0.533. The van der Waals surface area contributed by atoms with Crippen molar-refractivity contribution >= 4 is 23.4 Å². The number of piperidine rings is 1. The molecule has 1 aliphatic heterocycles. The van der Waals surface area contributed by atoms with Crippen molar-refractivity contribution in [1.82, 2.24) is 10.2 Å². The van der Waals surface area contributed by atoms with Crippen LogP contribution in [0.2, 0.25) is 5.02 Å². The van der Waals surface area contributed by atoms with E-state index in [9.17, 15) is 14.7 Å². The van der Waals surface area contributed by atoms with Crippen LogP contribution in [0.4, 0.5) is 0 Å². The van der Waals surface area contributed by atoms with Crippen LogP contribution < -0.4 is 5.32 Å². The number of hydrogen-bond acceptors (Lipinski definition) is 3. The Hall–Kier alpha value is -1.75. The van der Waals surface area contributed by atoms with Gasteiger partial charge in [-0.05, 0) is 60.6 Å². The molecule has 3 rings (SSSR count). The first kappa shape index (κ1) is 38.8. The Bertz CT molecular complexity index is 789. The Balaban J connectivity index is -0.00000218. The lowest BCUT2D eigenvalue weighted by Crippen LogP contribution is -2.56. The molecule has 1 aromatic carbocycles. The zero-order chi connectivity index (χ0) is 22.8. The van der Waals surface area contributed by atoms with Crippen molar-refractivity contribution in [3.05, 3.63) is 34.9 Å². The highest BCUT2D eigenvalue weighted by Crippen LogP contribution is 2.42. The summed E-state index contributed by atoms with van der Waals surface area (Å²) in [5.41, 5.74) is 1.17. The van der Waals surface area contributed by atoms with Gasteiger partial charge in [0.05, 0.1) is 6.10 Å². The molecule has 1 heterocycles. The van der Waals surface area contributed by atoms with Crippen molar-refractivity contribution in [3.63, 3.8) is 0 Å². The molecule has 1 saturated heterocycles. The Morgan fingerprint density at radius 3 is 2.14 bits per heavy atom. The monoisotopic (exact) mass is 536 g/mol. The van der Waals surface area contributed by atoms with Gasteiger partial charge in [0.2, 0.25) is 11.8 Å². The molecule has 1 aliphatic carbocycles. The first-order valence-electron chi connectivity index (χ1n) is 11.6. The van der Waals surface area contributed by atoms with Crippen LogP contribution in [0.15, 0.2) is 24.3 Å². The van der Waals surface area contributed by atoms with Crippen LogP contribution in [0.1, 0.15) is 78.7 Å². The van der Waals surface area contributed by atoms with E-state index < -0.39 is 12.1 Å². The highest BCUT2D eigenvalue weighted by atomic mass is 35.5. The average molecular weight is 537 g/mol. The molecule has 0 radical (unpaired) electrons. The third-order valence-electron chi connectivity index (χ3n) is 7.06. The molecule has 10 N–H and O–H groups in total. The first-order chi connectivity index (χ1) is 14.6. The van der Waals surface area contributed by atoms with Crippen LogP contribution in [0.25, 0.3) is 0 Å². The Morgan fingerprint density at radius 2 is 1.64 bits per heavy atom. The molecule has 212 valence electrons. The Labute approximate surface area is 220 Å². The van der Waals surface area contributed by atoms with E-state index in [2.05, 4.69) is 31.3 Å². The summed E-state index contributed by atoms with van der Waals surface area (Å²) in [6, 6.07) is 7.49. The van der Waals surface area contributed by atoms with E-state index >= 15 is 0 Å². The number of hydrogen-bond donors (Lipinski definition) is 2. The number of amides is 2. The predicted octanol–water partition coefficient (Wildman–Crippen LogP) is 1.71. The first-order valence-corrected chi connectivity index (χ1v) is 12.0. The fraction of sp³-hybridized carbons (Fsp3) is 0.692. The van der Waals surface area contributed by atoms with Gasteiger partial charge in [0.1, 0.15) is 6.04 Å². The lowest BCUT2D eigenvalue weighted by Gasteiger charge is -2.46. The summed E-state index contributed by atoms with van der Waals surface area (Å²) in [6.45, 7) is 9.70. The largest absolute Gasteiger partial charge is 0.412 e. The average Bonchev–Trinajstić information content (AvgIpc) is 2.71. The molecule has 2 aliphatic rings. The van der Waals surface area contributed by atoms with Crippen LogP contribution in [-0.2, 0) is 9.59 Å². The van der Waals surface area contributed by atoms with Crippen LogP contribution in [0, 0.1) is 17.3 Å². The van der Waals surface area contributed by atoms with Crippen LogP contribution in [0.5, 0.6) is 0 Å². The summed E-state index contributed by atoms with van der Waals surface area (Å²) in [5, 5.41) is 13.7.